The molecule has 0 N–H and O–H groups in total. The normalized spacial score (nSPS) is 14.7. The van der Waals surface area contributed by atoms with Gasteiger partial charge in [-0.05, 0) is 54.2 Å². The third-order valence-electron chi connectivity index (χ3n) is 4.81. The summed E-state index contributed by atoms with van der Waals surface area (Å²) in [4.78, 5) is 16.4. The Balaban J connectivity index is 1.73. The van der Waals surface area contributed by atoms with Crippen molar-refractivity contribution < 1.29 is 4.92 Å². The zero-order valence-corrected chi connectivity index (χ0v) is 16.1. The highest BCUT2D eigenvalue weighted by Crippen LogP contribution is 2.38. The summed E-state index contributed by atoms with van der Waals surface area (Å²) in [6, 6.07) is 15.6. The van der Waals surface area contributed by atoms with Gasteiger partial charge in [0.1, 0.15) is 0 Å². The highest BCUT2D eigenvalue weighted by atomic mass is 32.1. The Kier molecular flexibility index (Phi) is 4.66. The molecule has 138 valence electrons. The summed E-state index contributed by atoms with van der Waals surface area (Å²) in [7, 11) is 0. The highest BCUT2D eigenvalue weighted by Gasteiger charge is 2.27. The van der Waals surface area contributed by atoms with Crippen LogP contribution in [0, 0.1) is 10.1 Å². The molecule has 1 aromatic heterocycles. The van der Waals surface area contributed by atoms with E-state index in [-0.39, 0.29) is 10.6 Å². The van der Waals surface area contributed by atoms with Gasteiger partial charge in [0.15, 0.2) is 4.80 Å². The van der Waals surface area contributed by atoms with Gasteiger partial charge in [-0.3, -0.25) is 10.1 Å². The van der Waals surface area contributed by atoms with Crippen molar-refractivity contribution in [1.82, 2.24) is 4.57 Å². The molecule has 0 atom stereocenters. The molecule has 5 nitrogen and oxygen atoms in total. The zero-order valence-electron chi connectivity index (χ0n) is 15.3. The lowest BCUT2D eigenvalue weighted by atomic mass is 10.0. The minimum atomic E-state index is -0.367. The number of hydrogen-bond donors (Lipinski definition) is 0. The van der Waals surface area contributed by atoms with Crippen LogP contribution in [0.3, 0.4) is 0 Å². The van der Waals surface area contributed by atoms with Crippen LogP contribution >= 0.6 is 11.3 Å². The van der Waals surface area contributed by atoms with E-state index in [1.807, 2.05) is 12.1 Å². The van der Waals surface area contributed by atoms with Crippen molar-refractivity contribution in [2.75, 3.05) is 0 Å². The van der Waals surface area contributed by atoms with Gasteiger partial charge in [-0.25, -0.2) is 4.99 Å². The van der Waals surface area contributed by atoms with Crippen LogP contribution in [0.25, 0.3) is 11.3 Å². The third-order valence-corrected chi connectivity index (χ3v) is 5.65. The van der Waals surface area contributed by atoms with Gasteiger partial charge in [-0.2, -0.15) is 0 Å². The number of nitro benzene ring substituents is 1. The van der Waals surface area contributed by atoms with E-state index in [4.69, 9.17) is 4.99 Å². The zero-order chi connectivity index (χ0) is 19.0. The number of benzene rings is 2. The van der Waals surface area contributed by atoms with Crippen molar-refractivity contribution in [3.8, 4) is 11.3 Å². The van der Waals surface area contributed by atoms with Crippen LogP contribution in [0.2, 0.25) is 0 Å². The Hall–Kier alpha value is -2.73. The van der Waals surface area contributed by atoms with Crippen LogP contribution < -0.4 is 4.80 Å². The van der Waals surface area contributed by atoms with Crippen LogP contribution in [-0.2, 0) is 0 Å². The molecule has 1 fully saturated rings. The summed E-state index contributed by atoms with van der Waals surface area (Å²) in [6.45, 7) is 4.37. The maximum atomic E-state index is 10.9. The lowest BCUT2D eigenvalue weighted by molar-refractivity contribution is -0.384. The van der Waals surface area contributed by atoms with Gasteiger partial charge < -0.3 is 4.57 Å². The van der Waals surface area contributed by atoms with Gasteiger partial charge in [0.2, 0.25) is 0 Å². The van der Waals surface area contributed by atoms with E-state index in [1.165, 1.54) is 5.56 Å². The van der Waals surface area contributed by atoms with E-state index in [2.05, 4.69) is 48.1 Å². The summed E-state index contributed by atoms with van der Waals surface area (Å²) < 4.78 is 2.28. The molecule has 1 saturated carbocycles. The van der Waals surface area contributed by atoms with Crippen LogP contribution in [0.15, 0.2) is 58.9 Å². The molecule has 0 saturated heterocycles. The van der Waals surface area contributed by atoms with Gasteiger partial charge in [-0.1, -0.05) is 26.0 Å². The second-order valence-corrected chi connectivity index (χ2v) is 8.00. The number of nitrogens with zero attached hydrogens (tertiary/aromatic N) is 3. The number of aromatic nitrogens is 1. The van der Waals surface area contributed by atoms with E-state index in [9.17, 15) is 10.1 Å². The molecule has 0 amide bonds. The molecule has 0 spiro atoms. The second kappa shape index (κ2) is 7.12. The van der Waals surface area contributed by atoms with Crippen molar-refractivity contribution in [1.29, 1.82) is 0 Å². The van der Waals surface area contributed by atoms with Gasteiger partial charge in [0.05, 0.1) is 16.3 Å². The minimum absolute atomic E-state index is 0.113. The smallest absolute Gasteiger partial charge is 0.269 e. The molecule has 2 aromatic carbocycles. The SMILES string of the molecule is CC(C)c1ccc(N=c2scc(-c3ccc([N+](=O)[O-])cc3)n2C2CC2)cc1. The molecule has 6 heteroatoms. The molecule has 1 aliphatic rings. The summed E-state index contributed by atoms with van der Waals surface area (Å²) in [6.07, 6.45) is 2.30. The summed E-state index contributed by atoms with van der Waals surface area (Å²) in [5.74, 6) is 0.505. The maximum absolute atomic E-state index is 10.9. The maximum Gasteiger partial charge on any atom is 0.269 e. The average Bonchev–Trinajstić information content (AvgIpc) is 3.42. The van der Waals surface area contributed by atoms with Gasteiger partial charge in [0.25, 0.3) is 5.69 Å². The van der Waals surface area contributed by atoms with Crippen molar-refractivity contribution in [2.45, 2.75) is 38.6 Å². The number of hydrogen-bond acceptors (Lipinski definition) is 4. The Bertz CT molecular complexity index is 1030. The fraction of sp³-hybridized carbons (Fsp3) is 0.286. The standard InChI is InChI=1S/C21H21N3O2S/c1-14(2)15-3-7-17(8-4-15)22-21-23(18-11-12-18)20(13-27-21)16-5-9-19(10-6-16)24(25)26/h3-10,13-14,18H,11-12H2,1-2H3. The van der Waals surface area contributed by atoms with Crippen molar-refractivity contribution in [3.63, 3.8) is 0 Å². The molecule has 27 heavy (non-hydrogen) atoms. The van der Waals surface area contributed by atoms with Crippen LogP contribution in [0.1, 0.15) is 44.2 Å². The Labute approximate surface area is 161 Å². The van der Waals surface area contributed by atoms with E-state index < -0.39 is 0 Å². The first kappa shape index (κ1) is 17.7. The average molecular weight is 379 g/mol. The number of thiazole rings is 1. The van der Waals surface area contributed by atoms with Gasteiger partial charge in [0, 0.05) is 23.6 Å². The molecule has 1 aliphatic carbocycles. The first-order valence-electron chi connectivity index (χ1n) is 9.12. The quantitative estimate of drug-likeness (QED) is 0.414. The van der Waals surface area contributed by atoms with E-state index >= 15 is 0 Å². The van der Waals surface area contributed by atoms with Crippen molar-refractivity contribution in [2.24, 2.45) is 4.99 Å². The summed E-state index contributed by atoms with van der Waals surface area (Å²) in [5, 5.41) is 13.0. The minimum Gasteiger partial charge on any atom is -0.313 e. The molecular formula is C21H21N3O2S. The molecule has 0 aliphatic heterocycles. The highest BCUT2D eigenvalue weighted by molar-refractivity contribution is 7.07. The van der Waals surface area contributed by atoms with E-state index in [1.54, 1.807) is 23.5 Å². The summed E-state index contributed by atoms with van der Waals surface area (Å²) >= 11 is 1.62. The molecule has 3 aromatic rings. The van der Waals surface area contributed by atoms with Crippen molar-refractivity contribution in [3.05, 3.63) is 74.4 Å². The molecule has 0 bridgehead atoms. The largest absolute Gasteiger partial charge is 0.313 e. The second-order valence-electron chi connectivity index (χ2n) is 7.17. The molecule has 1 heterocycles. The Morgan fingerprint density at radius 3 is 2.33 bits per heavy atom. The Morgan fingerprint density at radius 2 is 1.78 bits per heavy atom. The van der Waals surface area contributed by atoms with Crippen LogP contribution in [-0.4, -0.2) is 9.49 Å². The number of non-ortho nitro benzene ring substituents is 1. The lowest BCUT2D eigenvalue weighted by Gasteiger charge is -2.08. The summed E-state index contributed by atoms with van der Waals surface area (Å²) in [5.41, 5.74) is 4.44. The fourth-order valence-corrected chi connectivity index (χ4v) is 4.08. The number of rotatable bonds is 5. The molecule has 0 unspecified atom stereocenters. The third kappa shape index (κ3) is 3.71. The predicted octanol–water partition coefficient (Wildman–Crippen LogP) is 5.82. The predicted molar refractivity (Wildman–Crippen MR) is 108 cm³/mol. The molecule has 4 rings (SSSR count). The van der Waals surface area contributed by atoms with Crippen molar-refractivity contribution >= 4 is 22.7 Å². The van der Waals surface area contributed by atoms with Crippen LogP contribution in [0.4, 0.5) is 11.4 Å². The van der Waals surface area contributed by atoms with E-state index in [0.29, 0.717) is 12.0 Å². The van der Waals surface area contributed by atoms with Gasteiger partial charge in [-0.15, -0.1) is 11.3 Å². The molecular weight excluding hydrogens is 358 g/mol. The lowest BCUT2D eigenvalue weighted by Crippen LogP contribution is -2.14. The first-order chi connectivity index (χ1) is 13.0. The van der Waals surface area contributed by atoms with E-state index in [0.717, 1.165) is 34.6 Å². The fourth-order valence-electron chi connectivity index (χ4n) is 3.10. The Morgan fingerprint density at radius 1 is 1.11 bits per heavy atom. The number of nitro groups is 1. The first-order valence-corrected chi connectivity index (χ1v) is 10.0. The van der Waals surface area contributed by atoms with Crippen LogP contribution in [0.5, 0.6) is 0 Å². The van der Waals surface area contributed by atoms with Gasteiger partial charge >= 0.3 is 0 Å². The monoisotopic (exact) mass is 379 g/mol. The molecule has 0 radical (unpaired) electrons. The topological polar surface area (TPSA) is 60.4 Å².